The standard InChI is InChI=1S/C19H22FN/c20-19-13-11-18(12-14-19)10-9-17-7-5-16(6-8-17)4-2-1-3-15-21/h1-4,11-14,16-17H,5-10H2/b3-1+,4-2+/t16-,17-. The van der Waals surface area contributed by atoms with E-state index >= 15 is 0 Å². The summed E-state index contributed by atoms with van der Waals surface area (Å²) in [5, 5.41) is 8.41. The van der Waals surface area contributed by atoms with Crippen LogP contribution in [0.2, 0.25) is 0 Å². The largest absolute Gasteiger partial charge is 0.207 e. The van der Waals surface area contributed by atoms with Crippen molar-refractivity contribution in [2.75, 3.05) is 0 Å². The minimum absolute atomic E-state index is 0.156. The summed E-state index contributed by atoms with van der Waals surface area (Å²) in [7, 11) is 0. The molecular weight excluding hydrogens is 261 g/mol. The molecule has 1 aliphatic carbocycles. The number of halogens is 1. The van der Waals surface area contributed by atoms with E-state index in [1.807, 2.05) is 24.3 Å². The Labute approximate surface area is 126 Å². The summed E-state index contributed by atoms with van der Waals surface area (Å²) in [6, 6.07) is 8.88. The van der Waals surface area contributed by atoms with Gasteiger partial charge in [0.05, 0.1) is 6.07 Å². The number of benzene rings is 1. The van der Waals surface area contributed by atoms with E-state index in [2.05, 4.69) is 6.08 Å². The maximum Gasteiger partial charge on any atom is 0.123 e. The van der Waals surface area contributed by atoms with E-state index < -0.39 is 0 Å². The summed E-state index contributed by atoms with van der Waals surface area (Å²) in [4.78, 5) is 0. The van der Waals surface area contributed by atoms with Gasteiger partial charge in [0.1, 0.15) is 5.82 Å². The lowest BCUT2D eigenvalue weighted by Gasteiger charge is -2.26. The lowest BCUT2D eigenvalue weighted by molar-refractivity contribution is 0.296. The summed E-state index contributed by atoms with van der Waals surface area (Å²) in [5.74, 6) is 1.31. The molecule has 1 aromatic rings. The van der Waals surface area contributed by atoms with Crippen LogP contribution in [-0.4, -0.2) is 0 Å². The highest BCUT2D eigenvalue weighted by atomic mass is 19.1. The van der Waals surface area contributed by atoms with Crippen molar-refractivity contribution in [3.05, 3.63) is 60.0 Å². The molecule has 0 amide bonds. The second-order valence-corrected chi connectivity index (χ2v) is 5.82. The van der Waals surface area contributed by atoms with E-state index in [0.717, 1.165) is 12.3 Å². The zero-order valence-electron chi connectivity index (χ0n) is 12.3. The van der Waals surface area contributed by atoms with Crippen molar-refractivity contribution >= 4 is 0 Å². The molecule has 2 rings (SSSR count). The summed E-state index contributed by atoms with van der Waals surface area (Å²) in [6.07, 6.45) is 14.8. The van der Waals surface area contributed by atoms with Gasteiger partial charge in [0.15, 0.2) is 0 Å². The van der Waals surface area contributed by atoms with E-state index in [0.29, 0.717) is 5.92 Å². The summed E-state index contributed by atoms with van der Waals surface area (Å²) in [6.45, 7) is 0. The Morgan fingerprint density at radius 3 is 2.48 bits per heavy atom. The average molecular weight is 283 g/mol. The van der Waals surface area contributed by atoms with Crippen LogP contribution >= 0.6 is 0 Å². The van der Waals surface area contributed by atoms with Crippen LogP contribution in [0, 0.1) is 29.0 Å². The molecule has 1 aromatic carbocycles. The predicted octanol–water partition coefficient (Wildman–Crippen LogP) is 5.20. The number of nitrogens with zero attached hydrogens (tertiary/aromatic N) is 1. The average Bonchev–Trinajstić information content (AvgIpc) is 2.52. The van der Waals surface area contributed by atoms with Gasteiger partial charge < -0.3 is 0 Å². The molecule has 1 nitrogen and oxygen atoms in total. The second-order valence-electron chi connectivity index (χ2n) is 5.82. The molecule has 0 saturated heterocycles. The fourth-order valence-corrected chi connectivity index (χ4v) is 3.01. The van der Waals surface area contributed by atoms with Crippen LogP contribution in [0.1, 0.15) is 37.7 Å². The number of allylic oxidation sites excluding steroid dienone is 4. The highest BCUT2D eigenvalue weighted by Gasteiger charge is 2.19. The Balaban J connectivity index is 1.69. The van der Waals surface area contributed by atoms with E-state index in [1.54, 1.807) is 18.2 Å². The Morgan fingerprint density at radius 2 is 1.81 bits per heavy atom. The molecule has 1 fully saturated rings. The molecule has 1 saturated carbocycles. The molecule has 0 heterocycles. The Morgan fingerprint density at radius 1 is 1.10 bits per heavy atom. The Kier molecular flexibility index (Phi) is 6.22. The predicted molar refractivity (Wildman–Crippen MR) is 84.1 cm³/mol. The topological polar surface area (TPSA) is 23.8 Å². The van der Waals surface area contributed by atoms with Gasteiger partial charge in [0, 0.05) is 6.08 Å². The van der Waals surface area contributed by atoms with Crippen LogP contribution in [0.15, 0.2) is 48.6 Å². The summed E-state index contributed by atoms with van der Waals surface area (Å²) >= 11 is 0. The fourth-order valence-electron chi connectivity index (χ4n) is 3.01. The minimum atomic E-state index is -0.156. The molecule has 0 aliphatic heterocycles. The van der Waals surface area contributed by atoms with Crippen molar-refractivity contribution in [2.45, 2.75) is 38.5 Å². The van der Waals surface area contributed by atoms with Crippen molar-refractivity contribution in [1.29, 1.82) is 5.26 Å². The van der Waals surface area contributed by atoms with Crippen LogP contribution in [0.25, 0.3) is 0 Å². The van der Waals surface area contributed by atoms with Gasteiger partial charge in [-0.15, -0.1) is 0 Å². The zero-order chi connectivity index (χ0) is 14.9. The van der Waals surface area contributed by atoms with E-state index in [9.17, 15) is 4.39 Å². The van der Waals surface area contributed by atoms with Crippen LogP contribution < -0.4 is 0 Å². The number of rotatable bonds is 5. The van der Waals surface area contributed by atoms with Gasteiger partial charge in [-0.1, -0.05) is 30.4 Å². The quantitative estimate of drug-likeness (QED) is 0.538. The highest BCUT2D eigenvalue weighted by molar-refractivity contribution is 5.16. The van der Waals surface area contributed by atoms with Crippen molar-refractivity contribution in [2.24, 2.45) is 11.8 Å². The lowest BCUT2D eigenvalue weighted by Crippen LogP contribution is -2.13. The third-order valence-electron chi connectivity index (χ3n) is 4.31. The van der Waals surface area contributed by atoms with Crippen molar-refractivity contribution < 1.29 is 4.39 Å². The fraction of sp³-hybridized carbons (Fsp3) is 0.421. The molecule has 0 unspecified atom stereocenters. The molecule has 0 bridgehead atoms. The van der Waals surface area contributed by atoms with Crippen molar-refractivity contribution in [3.63, 3.8) is 0 Å². The Bertz CT molecular complexity index is 513. The first kappa shape index (κ1) is 15.5. The molecule has 0 atom stereocenters. The van der Waals surface area contributed by atoms with Gasteiger partial charge in [-0.2, -0.15) is 5.26 Å². The van der Waals surface area contributed by atoms with Gasteiger partial charge in [-0.25, -0.2) is 4.39 Å². The molecule has 0 radical (unpaired) electrons. The van der Waals surface area contributed by atoms with E-state index in [4.69, 9.17) is 5.26 Å². The molecular formula is C19H22FN. The van der Waals surface area contributed by atoms with Crippen LogP contribution in [0.4, 0.5) is 4.39 Å². The first-order valence-corrected chi connectivity index (χ1v) is 7.75. The van der Waals surface area contributed by atoms with E-state index in [-0.39, 0.29) is 5.82 Å². The van der Waals surface area contributed by atoms with Gasteiger partial charge in [0.2, 0.25) is 0 Å². The summed E-state index contributed by atoms with van der Waals surface area (Å²) in [5.41, 5.74) is 1.24. The monoisotopic (exact) mass is 283 g/mol. The number of nitriles is 1. The number of hydrogen-bond acceptors (Lipinski definition) is 1. The molecule has 110 valence electrons. The van der Waals surface area contributed by atoms with Crippen LogP contribution in [0.3, 0.4) is 0 Å². The minimum Gasteiger partial charge on any atom is -0.207 e. The molecule has 2 heteroatoms. The molecule has 0 aromatic heterocycles. The maximum absolute atomic E-state index is 12.8. The second kappa shape index (κ2) is 8.42. The molecule has 0 N–H and O–H groups in total. The van der Waals surface area contributed by atoms with E-state index in [1.165, 1.54) is 43.7 Å². The summed E-state index contributed by atoms with van der Waals surface area (Å²) < 4.78 is 12.8. The third kappa shape index (κ3) is 5.55. The normalized spacial score (nSPS) is 22.7. The van der Waals surface area contributed by atoms with Gasteiger partial charge in [0.25, 0.3) is 0 Å². The molecule has 21 heavy (non-hydrogen) atoms. The van der Waals surface area contributed by atoms with Gasteiger partial charge in [-0.05, 0) is 68.1 Å². The number of aryl methyl sites for hydroxylation is 1. The molecule has 0 spiro atoms. The van der Waals surface area contributed by atoms with Crippen molar-refractivity contribution in [1.82, 2.24) is 0 Å². The first-order chi connectivity index (χ1) is 10.3. The van der Waals surface area contributed by atoms with Crippen LogP contribution in [0.5, 0.6) is 0 Å². The van der Waals surface area contributed by atoms with Crippen LogP contribution in [-0.2, 0) is 6.42 Å². The molecule has 1 aliphatic rings. The van der Waals surface area contributed by atoms with Gasteiger partial charge >= 0.3 is 0 Å². The lowest BCUT2D eigenvalue weighted by atomic mass is 9.79. The SMILES string of the molecule is N#C/C=C/C=C/[C@H]1CC[C@H](CCc2ccc(F)cc2)CC1. The Hall–Kier alpha value is -1.88. The number of hydrogen-bond donors (Lipinski definition) is 0. The maximum atomic E-state index is 12.8. The zero-order valence-corrected chi connectivity index (χ0v) is 12.3. The van der Waals surface area contributed by atoms with Gasteiger partial charge in [-0.3, -0.25) is 0 Å². The first-order valence-electron chi connectivity index (χ1n) is 7.75. The highest BCUT2D eigenvalue weighted by Crippen LogP contribution is 2.32. The smallest absolute Gasteiger partial charge is 0.123 e. The van der Waals surface area contributed by atoms with Crippen molar-refractivity contribution in [3.8, 4) is 6.07 Å². The third-order valence-corrected chi connectivity index (χ3v) is 4.31.